The largest absolute Gasteiger partial charge is 0.481 e. The Morgan fingerprint density at radius 1 is 1.38 bits per heavy atom. The van der Waals surface area contributed by atoms with Crippen LogP contribution in [0.25, 0.3) is 0 Å². The number of hydrogen-bond acceptors (Lipinski definition) is 4. The molecule has 5 nitrogen and oxygen atoms in total. The van der Waals surface area contributed by atoms with Crippen molar-refractivity contribution in [2.45, 2.75) is 38.9 Å². The molecule has 0 bridgehead atoms. The van der Waals surface area contributed by atoms with Crippen LogP contribution in [-0.2, 0) is 9.53 Å². The summed E-state index contributed by atoms with van der Waals surface area (Å²) < 4.78 is 10.6. The number of methoxy groups -OCH3 is 1. The van der Waals surface area contributed by atoms with Gasteiger partial charge >= 0.3 is 0 Å². The van der Waals surface area contributed by atoms with E-state index in [2.05, 4.69) is 5.32 Å². The first kappa shape index (κ1) is 17.5. The van der Waals surface area contributed by atoms with Gasteiger partial charge in [0.15, 0.2) is 6.10 Å². The second-order valence-corrected chi connectivity index (χ2v) is 4.86. The van der Waals surface area contributed by atoms with E-state index in [0.717, 1.165) is 6.42 Å². The van der Waals surface area contributed by atoms with Crippen LogP contribution in [-0.4, -0.2) is 37.4 Å². The summed E-state index contributed by atoms with van der Waals surface area (Å²) in [5.41, 5.74) is 0.707. The fraction of sp³-hybridized carbons (Fsp3) is 0.562. The molecule has 1 aromatic rings. The van der Waals surface area contributed by atoms with Crippen LogP contribution in [0.3, 0.4) is 0 Å². The molecule has 0 aliphatic carbocycles. The molecular formula is C16H25NO4. The Kier molecular flexibility index (Phi) is 7.79. The lowest BCUT2D eigenvalue weighted by atomic mass is 10.1. The van der Waals surface area contributed by atoms with Crippen LogP contribution >= 0.6 is 0 Å². The van der Waals surface area contributed by atoms with Crippen LogP contribution in [0.15, 0.2) is 24.3 Å². The molecule has 2 atom stereocenters. The Balaban J connectivity index is 2.58. The Morgan fingerprint density at radius 2 is 2.10 bits per heavy atom. The van der Waals surface area contributed by atoms with Gasteiger partial charge in [-0.15, -0.1) is 0 Å². The van der Waals surface area contributed by atoms with Crippen molar-refractivity contribution in [3.63, 3.8) is 0 Å². The summed E-state index contributed by atoms with van der Waals surface area (Å²) in [7, 11) is 1.63. The number of aliphatic hydroxyl groups is 1. The van der Waals surface area contributed by atoms with E-state index in [9.17, 15) is 9.90 Å². The molecule has 21 heavy (non-hydrogen) atoms. The summed E-state index contributed by atoms with van der Waals surface area (Å²) in [5.74, 6) is 0.373. The van der Waals surface area contributed by atoms with Crippen LogP contribution < -0.4 is 10.1 Å². The molecule has 2 N–H and O–H groups in total. The van der Waals surface area contributed by atoms with E-state index in [-0.39, 0.29) is 5.91 Å². The number of para-hydroxylation sites is 1. The van der Waals surface area contributed by atoms with Crippen LogP contribution in [0.1, 0.15) is 38.4 Å². The maximum absolute atomic E-state index is 11.9. The average Bonchev–Trinajstić information content (AvgIpc) is 2.51. The van der Waals surface area contributed by atoms with Gasteiger partial charge in [0, 0.05) is 25.8 Å². The number of ether oxygens (including phenoxy) is 2. The minimum Gasteiger partial charge on any atom is -0.481 e. The van der Waals surface area contributed by atoms with Gasteiger partial charge in [-0.05, 0) is 25.8 Å². The minimum atomic E-state index is -0.613. The van der Waals surface area contributed by atoms with E-state index >= 15 is 0 Å². The quantitative estimate of drug-likeness (QED) is 0.684. The summed E-state index contributed by atoms with van der Waals surface area (Å²) in [6.07, 6.45) is 0.161. The van der Waals surface area contributed by atoms with Gasteiger partial charge in [-0.2, -0.15) is 0 Å². The van der Waals surface area contributed by atoms with E-state index in [1.165, 1.54) is 0 Å². The van der Waals surface area contributed by atoms with Gasteiger partial charge in [0.25, 0.3) is 5.91 Å². The Bertz CT molecular complexity index is 436. The number of rotatable bonds is 9. The number of amides is 1. The molecule has 0 heterocycles. The van der Waals surface area contributed by atoms with Crippen LogP contribution in [0.2, 0.25) is 0 Å². The molecule has 5 heteroatoms. The third-order valence-corrected chi connectivity index (χ3v) is 3.16. The summed E-state index contributed by atoms with van der Waals surface area (Å²) in [6, 6.07) is 7.25. The fourth-order valence-electron chi connectivity index (χ4n) is 1.90. The number of carbonyl (C=O) groups is 1. The molecule has 0 aliphatic heterocycles. The molecule has 1 unspecified atom stereocenters. The smallest absolute Gasteiger partial charge is 0.260 e. The molecule has 0 aliphatic rings. The van der Waals surface area contributed by atoms with Gasteiger partial charge in [-0.25, -0.2) is 0 Å². The highest BCUT2D eigenvalue weighted by Crippen LogP contribution is 2.27. The molecule has 1 amide bonds. The molecule has 0 radical (unpaired) electrons. The highest BCUT2D eigenvalue weighted by molar-refractivity contribution is 5.80. The third-order valence-electron chi connectivity index (χ3n) is 3.16. The van der Waals surface area contributed by atoms with Crippen molar-refractivity contribution in [3.05, 3.63) is 29.8 Å². The summed E-state index contributed by atoms with van der Waals surface area (Å²) in [6.45, 7) is 4.76. The number of benzene rings is 1. The lowest BCUT2D eigenvalue weighted by molar-refractivity contribution is -0.127. The number of carbonyl (C=O) groups excluding carboxylic acids is 1. The molecule has 0 spiro atoms. The average molecular weight is 295 g/mol. The van der Waals surface area contributed by atoms with Gasteiger partial charge < -0.3 is 19.9 Å². The van der Waals surface area contributed by atoms with Gasteiger partial charge in [0.1, 0.15) is 5.75 Å². The lowest BCUT2D eigenvalue weighted by Crippen LogP contribution is -2.37. The number of hydrogen-bond donors (Lipinski definition) is 2. The summed E-state index contributed by atoms with van der Waals surface area (Å²) >= 11 is 0. The van der Waals surface area contributed by atoms with Crippen molar-refractivity contribution in [1.82, 2.24) is 5.32 Å². The van der Waals surface area contributed by atoms with E-state index in [0.29, 0.717) is 30.9 Å². The van der Waals surface area contributed by atoms with E-state index in [1.54, 1.807) is 20.1 Å². The highest BCUT2D eigenvalue weighted by Gasteiger charge is 2.17. The van der Waals surface area contributed by atoms with Crippen LogP contribution in [0.5, 0.6) is 5.75 Å². The molecule has 0 saturated heterocycles. The van der Waals surface area contributed by atoms with Gasteiger partial charge in [0.05, 0.1) is 6.10 Å². The normalized spacial score (nSPS) is 13.5. The SMILES string of the molecule is CC[C@H](O)c1ccccc1OC(C)C(=O)NCCCOC. The zero-order valence-corrected chi connectivity index (χ0v) is 13.0. The number of aliphatic hydroxyl groups excluding tert-OH is 1. The van der Waals surface area contributed by atoms with Crippen molar-refractivity contribution < 1.29 is 19.4 Å². The zero-order valence-electron chi connectivity index (χ0n) is 13.0. The van der Waals surface area contributed by atoms with E-state index in [4.69, 9.17) is 9.47 Å². The molecule has 0 saturated carbocycles. The molecule has 1 rings (SSSR count). The zero-order chi connectivity index (χ0) is 15.7. The van der Waals surface area contributed by atoms with E-state index < -0.39 is 12.2 Å². The fourth-order valence-corrected chi connectivity index (χ4v) is 1.90. The molecular weight excluding hydrogens is 270 g/mol. The molecule has 118 valence electrons. The predicted molar refractivity (Wildman–Crippen MR) is 81.3 cm³/mol. The molecule has 0 aromatic heterocycles. The van der Waals surface area contributed by atoms with E-state index in [1.807, 2.05) is 25.1 Å². The first-order valence-electron chi connectivity index (χ1n) is 7.30. The van der Waals surface area contributed by atoms with Crippen LogP contribution in [0.4, 0.5) is 0 Å². The molecule has 0 fully saturated rings. The van der Waals surface area contributed by atoms with Gasteiger partial charge in [-0.3, -0.25) is 4.79 Å². The lowest BCUT2D eigenvalue weighted by Gasteiger charge is -2.19. The summed E-state index contributed by atoms with van der Waals surface area (Å²) in [4.78, 5) is 11.9. The standard InChI is InChI=1S/C16H25NO4/c1-4-14(18)13-8-5-6-9-15(13)21-12(2)16(19)17-10-7-11-20-3/h5-6,8-9,12,14,18H,4,7,10-11H2,1-3H3,(H,17,19)/t12?,14-/m0/s1. The topological polar surface area (TPSA) is 67.8 Å². The van der Waals surface area contributed by atoms with Crippen molar-refractivity contribution in [1.29, 1.82) is 0 Å². The first-order valence-corrected chi connectivity index (χ1v) is 7.30. The molecule has 1 aromatic carbocycles. The minimum absolute atomic E-state index is 0.174. The van der Waals surface area contributed by atoms with Gasteiger partial charge in [-0.1, -0.05) is 25.1 Å². The van der Waals surface area contributed by atoms with Gasteiger partial charge in [0.2, 0.25) is 0 Å². The Hall–Kier alpha value is -1.59. The van der Waals surface area contributed by atoms with Crippen molar-refractivity contribution in [3.8, 4) is 5.75 Å². The van der Waals surface area contributed by atoms with Crippen molar-refractivity contribution in [2.75, 3.05) is 20.3 Å². The first-order chi connectivity index (χ1) is 10.1. The van der Waals surface area contributed by atoms with Crippen molar-refractivity contribution in [2.24, 2.45) is 0 Å². The van der Waals surface area contributed by atoms with Crippen molar-refractivity contribution >= 4 is 5.91 Å². The second-order valence-electron chi connectivity index (χ2n) is 4.86. The Labute approximate surface area is 126 Å². The maximum atomic E-state index is 11.9. The highest BCUT2D eigenvalue weighted by atomic mass is 16.5. The monoisotopic (exact) mass is 295 g/mol. The third kappa shape index (κ3) is 5.73. The maximum Gasteiger partial charge on any atom is 0.260 e. The second kappa shape index (κ2) is 9.37. The summed E-state index contributed by atoms with van der Waals surface area (Å²) in [5, 5.41) is 12.8. The van der Waals surface area contributed by atoms with Crippen LogP contribution in [0, 0.1) is 0 Å². The number of nitrogens with one attached hydrogen (secondary N) is 1. The Morgan fingerprint density at radius 3 is 2.76 bits per heavy atom. The predicted octanol–water partition coefficient (Wildman–Crippen LogP) is 2.05.